The molecule has 1 heteroatoms. The molecule has 3 aliphatic rings. The highest BCUT2D eigenvalue weighted by atomic mass is 15.2. The van der Waals surface area contributed by atoms with Gasteiger partial charge in [0.25, 0.3) is 0 Å². The zero-order valence-corrected chi connectivity index (χ0v) is 33.8. The summed E-state index contributed by atoms with van der Waals surface area (Å²) < 4.78 is 0. The van der Waals surface area contributed by atoms with Gasteiger partial charge in [-0.2, -0.15) is 0 Å². The number of hydrogen-bond acceptors (Lipinski definition) is 1. The fourth-order valence-electron chi connectivity index (χ4n) is 11.5. The van der Waals surface area contributed by atoms with Crippen LogP contribution < -0.4 is 4.90 Å². The largest absolute Gasteiger partial charge is 0.310 e. The monoisotopic (exact) mass is 765 g/mol. The molecule has 1 spiro atoms. The summed E-state index contributed by atoms with van der Waals surface area (Å²) in [5, 5.41) is 0. The van der Waals surface area contributed by atoms with Crippen LogP contribution in [0.1, 0.15) is 69.8 Å². The number of hydrogen-bond donors (Lipinski definition) is 0. The van der Waals surface area contributed by atoms with Gasteiger partial charge < -0.3 is 4.90 Å². The SMILES string of the molecule is CC1(C)c2ccccc2-c2cccc(C(c3ccccc3)c3ccccc3-c3cccc4c3C3(c5ccccc5-4)c4ccccc4N(c4ccccc4)c4ccccc43)c21. The minimum atomic E-state index is -0.575. The first-order valence-electron chi connectivity index (χ1n) is 21.2. The first-order valence-corrected chi connectivity index (χ1v) is 21.2. The van der Waals surface area contributed by atoms with E-state index < -0.39 is 5.41 Å². The first kappa shape index (κ1) is 34.8. The van der Waals surface area contributed by atoms with Crippen molar-refractivity contribution in [2.75, 3.05) is 4.90 Å². The van der Waals surface area contributed by atoms with Crippen LogP contribution in [0.15, 0.2) is 218 Å². The van der Waals surface area contributed by atoms with E-state index in [-0.39, 0.29) is 11.3 Å². The Bertz CT molecular complexity index is 3090. The number of anilines is 3. The molecule has 1 unspecified atom stereocenters. The molecule has 0 fully saturated rings. The Kier molecular flexibility index (Phi) is 7.62. The zero-order chi connectivity index (χ0) is 40.0. The van der Waals surface area contributed by atoms with E-state index in [0.717, 1.165) is 5.69 Å². The van der Waals surface area contributed by atoms with Crippen molar-refractivity contribution in [2.24, 2.45) is 0 Å². The van der Waals surface area contributed by atoms with Gasteiger partial charge in [-0.15, -0.1) is 0 Å². The van der Waals surface area contributed by atoms with Crippen LogP contribution >= 0.6 is 0 Å². The highest BCUT2D eigenvalue weighted by molar-refractivity contribution is 5.99. The molecule has 0 radical (unpaired) electrons. The second kappa shape index (κ2) is 13.1. The maximum Gasteiger partial charge on any atom is 0.0760 e. The van der Waals surface area contributed by atoms with Gasteiger partial charge in [0.1, 0.15) is 0 Å². The van der Waals surface area contributed by atoms with Gasteiger partial charge in [0.05, 0.1) is 16.8 Å². The van der Waals surface area contributed by atoms with Crippen molar-refractivity contribution in [3.8, 4) is 33.4 Å². The van der Waals surface area contributed by atoms with Crippen molar-refractivity contribution in [1.29, 1.82) is 0 Å². The Morgan fingerprint density at radius 1 is 0.333 bits per heavy atom. The summed E-state index contributed by atoms with van der Waals surface area (Å²) in [5.41, 5.74) is 22.7. The second-order valence-electron chi connectivity index (χ2n) is 17.1. The minimum Gasteiger partial charge on any atom is -0.310 e. The van der Waals surface area contributed by atoms with E-state index >= 15 is 0 Å². The molecule has 0 N–H and O–H groups in total. The number of benzene rings is 9. The van der Waals surface area contributed by atoms with Crippen LogP contribution in [0.2, 0.25) is 0 Å². The normalized spacial score (nSPS) is 15.0. The summed E-state index contributed by atoms with van der Waals surface area (Å²) in [7, 11) is 0. The molecule has 0 aromatic heterocycles. The van der Waals surface area contributed by atoms with E-state index in [1.165, 1.54) is 94.8 Å². The van der Waals surface area contributed by atoms with E-state index in [2.05, 4.69) is 237 Å². The van der Waals surface area contributed by atoms with Crippen LogP contribution in [-0.2, 0) is 10.8 Å². The van der Waals surface area contributed by atoms with E-state index in [1.807, 2.05) is 0 Å². The van der Waals surface area contributed by atoms with Crippen LogP contribution in [0.5, 0.6) is 0 Å². The predicted octanol–water partition coefficient (Wildman–Crippen LogP) is 15.0. The van der Waals surface area contributed by atoms with Crippen LogP contribution in [0.4, 0.5) is 17.1 Å². The van der Waals surface area contributed by atoms with Gasteiger partial charge in [-0.1, -0.05) is 208 Å². The van der Waals surface area contributed by atoms with Gasteiger partial charge in [0.2, 0.25) is 0 Å². The summed E-state index contributed by atoms with van der Waals surface area (Å²) in [4.78, 5) is 2.47. The number of fused-ring (bicyclic) bond motifs is 12. The fourth-order valence-corrected chi connectivity index (χ4v) is 11.5. The molecular formula is C59H43N. The first-order chi connectivity index (χ1) is 29.6. The molecule has 12 rings (SSSR count). The fraction of sp³-hybridized carbons (Fsp3) is 0.0847. The van der Waals surface area contributed by atoms with Crippen LogP contribution in [0.25, 0.3) is 33.4 Å². The molecule has 0 saturated heterocycles. The van der Waals surface area contributed by atoms with Crippen molar-refractivity contribution < 1.29 is 0 Å². The summed E-state index contributed by atoms with van der Waals surface area (Å²) in [6.07, 6.45) is 0. The molecule has 1 aliphatic heterocycles. The minimum absolute atomic E-state index is 0.0129. The van der Waals surface area contributed by atoms with Crippen molar-refractivity contribution in [3.05, 3.63) is 268 Å². The molecule has 9 aromatic rings. The topological polar surface area (TPSA) is 3.24 Å². The predicted molar refractivity (Wildman–Crippen MR) is 249 cm³/mol. The Hall–Kier alpha value is -7.22. The third kappa shape index (κ3) is 4.69. The van der Waals surface area contributed by atoms with Gasteiger partial charge in [-0.05, 0) is 108 Å². The van der Waals surface area contributed by atoms with Crippen LogP contribution in [0, 0.1) is 0 Å². The molecule has 1 heterocycles. The van der Waals surface area contributed by atoms with Crippen molar-refractivity contribution in [2.45, 2.75) is 30.6 Å². The van der Waals surface area contributed by atoms with Gasteiger partial charge in [0, 0.05) is 17.0 Å². The van der Waals surface area contributed by atoms with Crippen molar-refractivity contribution >= 4 is 17.1 Å². The Morgan fingerprint density at radius 3 is 1.43 bits per heavy atom. The molecule has 1 nitrogen and oxygen atoms in total. The molecule has 60 heavy (non-hydrogen) atoms. The quantitative estimate of drug-likeness (QED) is 0.158. The third-order valence-corrected chi connectivity index (χ3v) is 13.8. The average Bonchev–Trinajstić information content (AvgIpc) is 3.74. The average molecular weight is 766 g/mol. The Labute approximate surface area is 352 Å². The molecule has 0 amide bonds. The lowest BCUT2D eigenvalue weighted by molar-refractivity contribution is 0.648. The molecule has 284 valence electrons. The maximum absolute atomic E-state index is 2.47. The molecule has 9 aromatic carbocycles. The highest BCUT2D eigenvalue weighted by Gasteiger charge is 2.53. The summed E-state index contributed by atoms with van der Waals surface area (Å²) in [5.74, 6) is -0.0129. The van der Waals surface area contributed by atoms with E-state index in [1.54, 1.807) is 0 Å². The van der Waals surface area contributed by atoms with Gasteiger partial charge in [-0.25, -0.2) is 0 Å². The van der Waals surface area contributed by atoms with Crippen LogP contribution in [0.3, 0.4) is 0 Å². The van der Waals surface area contributed by atoms with E-state index in [9.17, 15) is 0 Å². The second-order valence-corrected chi connectivity index (χ2v) is 17.1. The Balaban J connectivity index is 1.16. The van der Waals surface area contributed by atoms with Gasteiger partial charge in [0.15, 0.2) is 0 Å². The molecule has 2 aliphatic carbocycles. The highest BCUT2D eigenvalue weighted by Crippen LogP contribution is 2.65. The number of para-hydroxylation sites is 3. The summed E-state index contributed by atoms with van der Waals surface area (Å²) in [6, 6.07) is 81.8. The smallest absolute Gasteiger partial charge is 0.0760 e. The lowest BCUT2D eigenvalue weighted by Gasteiger charge is -2.45. The molecule has 1 atom stereocenters. The van der Waals surface area contributed by atoms with Crippen molar-refractivity contribution in [3.63, 3.8) is 0 Å². The molecule has 0 bridgehead atoms. The van der Waals surface area contributed by atoms with Gasteiger partial charge in [-0.3, -0.25) is 0 Å². The van der Waals surface area contributed by atoms with Crippen LogP contribution in [-0.4, -0.2) is 0 Å². The number of nitrogens with zero attached hydrogens (tertiary/aromatic N) is 1. The lowest BCUT2D eigenvalue weighted by atomic mass is 9.63. The number of rotatable bonds is 5. The Morgan fingerprint density at radius 2 is 0.767 bits per heavy atom. The van der Waals surface area contributed by atoms with Crippen molar-refractivity contribution in [1.82, 2.24) is 0 Å². The summed E-state index contributed by atoms with van der Waals surface area (Å²) in [6.45, 7) is 4.83. The van der Waals surface area contributed by atoms with Gasteiger partial charge >= 0.3 is 0 Å². The van der Waals surface area contributed by atoms with E-state index in [4.69, 9.17) is 0 Å². The van der Waals surface area contributed by atoms with E-state index in [0.29, 0.717) is 0 Å². The summed E-state index contributed by atoms with van der Waals surface area (Å²) >= 11 is 0. The standard InChI is InChI=1S/C59H43N/c1-58(2)49-33-13-11-26-42(49)46-30-20-32-48(56(46)58)55(39-21-5-3-6-22-39)44-28-10-9-25-41(44)45-29-19-31-47-43-27-12-14-34-50(43)59(57(45)47)51-35-15-17-37-53(51)60(40-23-7-4-8-24-40)54-38-18-16-36-52(54)59/h3-38,55H,1-2H3. The molecular weight excluding hydrogens is 723 g/mol. The zero-order valence-electron chi connectivity index (χ0n) is 33.8. The maximum atomic E-state index is 2.47. The third-order valence-electron chi connectivity index (χ3n) is 13.8. The molecule has 0 saturated carbocycles. The lowest BCUT2D eigenvalue weighted by Crippen LogP contribution is -2.36.